The van der Waals surface area contributed by atoms with Gasteiger partial charge in [0.1, 0.15) is 0 Å². The lowest BCUT2D eigenvalue weighted by atomic mass is 9.96. The Hall–Kier alpha value is -0.860. The van der Waals surface area contributed by atoms with Crippen LogP contribution in [0.4, 0.5) is 0 Å². The summed E-state index contributed by atoms with van der Waals surface area (Å²) in [6.45, 7) is 6.65. The molecular formula is C22H38IN5. The molecule has 0 radical (unpaired) electrons. The average Bonchev–Trinajstić information content (AvgIpc) is 2.91. The van der Waals surface area contributed by atoms with Gasteiger partial charge in [-0.15, -0.1) is 24.0 Å². The summed E-state index contributed by atoms with van der Waals surface area (Å²) in [6, 6.07) is 9.65. The highest BCUT2D eigenvalue weighted by Crippen LogP contribution is 2.17. The molecule has 1 aliphatic heterocycles. The smallest absolute Gasteiger partial charge is 0.191 e. The van der Waals surface area contributed by atoms with Crippen LogP contribution in [0.25, 0.3) is 0 Å². The minimum Gasteiger partial charge on any atom is -0.354 e. The minimum absolute atomic E-state index is 0. The second-order valence-corrected chi connectivity index (χ2v) is 8.15. The van der Waals surface area contributed by atoms with E-state index in [1.54, 1.807) is 0 Å². The van der Waals surface area contributed by atoms with E-state index in [2.05, 4.69) is 56.7 Å². The van der Waals surface area contributed by atoms with Crippen molar-refractivity contribution in [2.24, 2.45) is 4.99 Å². The van der Waals surface area contributed by atoms with Gasteiger partial charge in [-0.05, 0) is 50.5 Å². The minimum atomic E-state index is 0. The van der Waals surface area contributed by atoms with E-state index in [9.17, 15) is 0 Å². The second kappa shape index (κ2) is 12.6. The number of hydrogen-bond acceptors (Lipinski definition) is 3. The molecule has 2 N–H and O–H groups in total. The van der Waals surface area contributed by atoms with Gasteiger partial charge in [-0.25, -0.2) is 0 Å². The summed E-state index contributed by atoms with van der Waals surface area (Å²) in [6.07, 6.45) is 7.85. The molecule has 6 heteroatoms. The van der Waals surface area contributed by atoms with Crippen molar-refractivity contribution in [3.8, 4) is 0 Å². The molecule has 1 aliphatic carbocycles. The predicted octanol–water partition coefficient (Wildman–Crippen LogP) is 3.44. The zero-order valence-corrected chi connectivity index (χ0v) is 20.0. The Morgan fingerprint density at radius 3 is 2.39 bits per heavy atom. The van der Waals surface area contributed by atoms with Crippen molar-refractivity contribution in [3.63, 3.8) is 0 Å². The molecule has 2 fully saturated rings. The van der Waals surface area contributed by atoms with Crippen molar-refractivity contribution in [2.75, 3.05) is 40.3 Å². The second-order valence-electron chi connectivity index (χ2n) is 8.15. The monoisotopic (exact) mass is 499 g/mol. The van der Waals surface area contributed by atoms with Gasteiger partial charge in [0, 0.05) is 39.3 Å². The summed E-state index contributed by atoms with van der Waals surface area (Å²) in [5.74, 6) is 0.930. The summed E-state index contributed by atoms with van der Waals surface area (Å²) in [5, 5.41) is 7.05. The molecule has 1 saturated carbocycles. The van der Waals surface area contributed by atoms with E-state index in [1.165, 1.54) is 75.8 Å². The van der Waals surface area contributed by atoms with Crippen molar-refractivity contribution < 1.29 is 0 Å². The van der Waals surface area contributed by atoms with Crippen molar-refractivity contribution in [1.29, 1.82) is 0 Å². The van der Waals surface area contributed by atoms with E-state index in [1.807, 2.05) is 7.05 Å². The number of guanidine groups is 1. The zero-order chi connectivity index (χ0) is 18.9. The van der Waals surface area contributed by atoms with E-state index < -0.39 is 0 Å². The first-order chi connectivity index (χ1) is 13.2. The van der Waals surface area contributed by atoms with Crippen molar-refractivity contribution in [1.82, 2.24) is 20.4 Å². The average molecular weight is 499 g/mol. The van der Waals surface area contributed by atoms with Crippen molar-refractivity contribution in [3.05, 3.63) is 35.4 Å². The van der Waals surface area contributed by atoms with Gasteiger partial charge < -0.3 is 15.5 Å². The van der Waals surface area contributed by atoms with Crippen LogP contribution in [0.1, 0.15) is 49.7 Å². The number of aliphatic imine (C=N–C) groups is 1. The lowest BCUT2D eigenvalue weighted by Gasteiger charge is -2.25. The number of nitrogens with zero attached hydrogens (tertiary/aromatic N) is 3. The molecular weight excluding hydrogens is 461 g/mol. The normalized spacial score (nSPS) is 20.3. The Morgan fingerprint density at radius 1 is 0.964 bits per heavy atom. The van der Waals surface area contributed by atoms with Gasteiger partial charge in [-0.3, -0.25) is 9.89 Å². The maximum absolute atomic E-state index is 4.39. The molecule has 1 aromatic rings. The van der Waals surface area contributed by atoms with Crippen molar-refractivity contribution >= 4 is 29.9 Å². The number of hydrogen-bond donors (Lipinski definition) is 2. The van der Waals surface area contributed by atoms with E-state index in [0.717, 1.165) is 19.0 Å². The van der Waals surface area contributed by atoms with Gasteiger partial charge in [0.2, 0.25) is 0 Å². The fourth-order valence-electron chi connectivity index (χ4n) is 4.10. The first-order valence-corrected chi connectivity index (χ1v) is 10.7. The molecule has 158 valence electrons. The molecule has 1 heterocycles. The van der Waals surface area contributed by atoms with Gasteiger partial charge in [-0.1, -0.05) is 43.5 Å². The summed E-state index contributed by atoms with van der Waals surface area (Å²) in [5.41, 5.74) is 2.72. The van der Waals surface area contributed by atoms with Gasteiger partial charge in [0.25, 0.3) is 0 Å². The van der Waals surface area contributed by atoms with Crippen LogP contribution >= 0.6 is 24.0 Å². The van der Waals surface area contributed by atoms with E-state index >= 15 is 0 Å². The lowest BCUT2D eigenvalue weighted by Crippen LogP contribution is -2.43. The highest BCUT2D eigenvalue weighted by atomic mass is 127. The van der Waals surface area contributed by atoms with Crippen LogP contribution in [-0.2, 0) is 13.1 Å². The standard InChI is InChI=1S/C22H37N5.HI/c1-23-22(25-21-7-4-3-5-8-21)24-17-19-9-11-20(12-10-19)18-27-14-6-13-26(2)15-16-27;/h9-12,21H,3-8,13-18H2,1-2H3,(H2,23,24,25);1H. The molecule has 0 unspecified atom stereocenters. The highest BCUT2D eigenvalue weighted by Gasteiger charge is 2.14. The Kier molecular flexibility index (Phi) is 10.6. The fourth-order valence-corrected chi connectivity index (χ4v) is 4.10. The van der Waals surface area contributed by atoms with Crippen molar-refractivity contribution in [2.45, 2.75) is 57.7 Å². The molecule has 28 heavy (non-hydrogen) atoms. The van der Waals surface area contributed by atoms with Crippen LogP contribution in [0.15, 0.2) is 29.3 Å². The molecule has 5 nitrogen and oxygen atoms in total. The Bertz CT molecular complexity index is 583. The summed E-state index contributed by atoms with van der Waals surface area (Å²) >= 11 is 0. The number of halogens is 1. The topological polar surface area (TPSA) is 42.9 Å². The molecule has 2 aliphatic rings. The third kappa shape index (κ3) is 7.87. The number of benzene rings is 1. The molecule has 0 atom stereocenters. The first-order valence-electron chi connectivity index (χ1n) is 10.7. The van der Waals surface area contributed by atoms with Crippen LogP contribution in [0.5, 0.6) is 0 Å². The summed E-state index contributed by atoms with van der Waals surface area (Å²) in [4.78, 5) is 9.40. The lowest BCUT2D eigenvalue weighted by molar-refractivity contribution is 0.269. The Balaban J connectivity index is 0.00000280. The van der Waals surface area contributed by atoms with Crippen LogP contribution < -0.4 is 10.6 Å². The van der Waals surface area contributed by atoms with Gasteiger partial charge >= 0.3 is 0 Å². The third-order valence-electron chi connectivity index (χ3n) is 5.87. The van der Waals surface area contributed by atoms with Crippen LogP contribution in [0.2, 0.25) is 0 Å². The maximum atomic E-state index is 4.39. The van der Waals surface area contributed by atoms with Crippen LogP contribution in [0.3, 0.4) is 0 Å². The maximum Gasteiger partial charge on any atom is 0.191 e. The van der Waals surface area contributed by atoms with Gasteiger partial charge in [-0.2, -0.15) is 0 Å². The zero-order valence-electron chi connectivity index (χ0n) is 17.6. The number of rotatable bonds is 5. The van der Waals surface area contributed by atoms with E-state index in [-0.39, 0.29) is 24.0 Å². The molecule has 1 saturated heterocycles. The summed E-state index contributed by atoms with van der Waals surface area (Å²) in [7, 11) is 4.09. The summed E-state index contributed by atoms with van der Waals surface area (Å²) < 4.78 is 0. The molecule has 1 aromatic carbocycles. The molecule has 0 spiro atoms. The van der Waals surface area contributed by atoms with Crippen LogP contribution in [-0.4, -0.2) is 62.1 Å². The Labute approximate surface area is 188 Å². The van der Waals surface area contributed by atoms with Crippen LogP contribution in [0, 0.1) is 0 Å². The van der Waals surface area contributed by atoms with E-state index in [4.69, 9.17) is 0 Å². The number of nitrogens with one attached hydrogen (secondary N) is 2. The quantitative estimate of drug-likeness (QED) is 0.370. The molecule has 0 bridgehead atoms. The molecule has 0 aromatic heterocycles. The molecule has 0 amide bonds. The SMILES string of the molecule is CN=C(NCc1ccc(CN2CCCN(C)CC2)cc1)NC1CCCCC1.I. The predicted molar refractivity (Wildman–Crippen MR) is 129 cm³/mol. The van der Waals surface area contributed by atoms with Gasteiger partial charge in [0.15, 0.2) is 5.96 Å². The first kappa shape index (κ1) is 23.4. The molecule has 3 rings (SSSR count). The fraction of sp³-hybridized carbons (Fsp3) is 0.682. The highest BCUT2D eigenvalue weighted by molar-refractivity contribution is 14.0. The van der Waals surface area contributed by atoms with E-state index in [0.29, 0.717) is 6.04 Å². The Morgan fingerprint density at radius 2 is 1.68 bits per heavy atom. The number of likely N-dealkylation sites (N-methyl/N-ethyl adjacent to an activating group) is 1. The largest absolute Gasteiger partial charge is 0.354 e. The third-order valence-corrected chi connectivity index (χ3v) is 5.87. The van der Waals surface area contributed by atoms with Gasteiger partial charge in [0.05, 0.1) is 0 Å².